The first-order valence-electron chi connectivity index (χ1n) is 3.13. The summed E-state index contributed by atoms with van der Waals surface area (Å²) in [5.41, 5.74) is 2.63. The van der Waals surface area contributed by atoms with Crippen LogP contribution in [0.4, 0.5) is 0 Å². The van der Waals surface area contributed by atoms with E-state index < -0.39 is 0 Å². The van der Waals surface area contributed by atoms with Crippen molar-refractivity contribution in [3.8, 4) is 0 Å². The maximum atomic E-state index is 10.7. The molecule has 0 bridgehead atoms. The molecule has 0 aliphatic heterocycles. The molecule has 1 nitrogen and oxygen atoms in total. The van der Waals surface area contributed by atoms with Crippen LogP contribution in [0.1, 0.15) is 25.7 Å². The summed E-state index contributed by atoms with van der Waals surface area (Å²) in [7, 11) is 0. The first kappa shape index (κ1) is 6.81. The van der Waals surface area contributed by atoms with Gasteiger partial charge in [0.2, 0.25) is 0 Å². The molecule has 1 aliphatic rings. The number of carbonyl (C=O) groups excluding carboxylic acids is 1. The van der Waals surface area contributed by atoms with Crippen molar-refractivity contribution in [2.45, 2.75) is 25.7 Å². The molecular weight excluding hydrogens is 136 g/mol. The Balaban J connectivity index is 2.51. The fourth-order valence-electron chi connectivity index (χ4n) is 1.04. The van der Waals surface area contributed by atoms with Crippen molar-refractivity contribution in [1.29, 1.82) is 0 Å². The molecule has 2 heteroatoms. The van der Waals surface area contributed by atoms with E-state index in [-0.39, 0.29) is 0 Å². The lowest BCUT2D eigenvalue weighted by Crippen LogP contribution is -2.05. The van der Waals surface area contributed by atoms with E-state index >= 15 is 0 Å². The van der Waals surface area contributed by atoms with Crippen molar-refractivity contribution in [3.05, 3.63) is 11.1 Å². The second kappa shape index (κ2) is 3.02. The summed E-state index contributed by atoms with van der Waals surface area (Å²) in [4.78, 5) is 10.7. The molecule has 0 N–H and O–H groups in total. The molecule has 50 valence electrons. The average molecular weight is 145 g/mol. The molecular formula is C7H9ClO. The predicted molar refractivity (Wildman–Crippen MR) is 37.4 cm³/mol. The summed E-state index contributed by atoms with van der Waals surface area (Å²) in [6, 6.07) is 0. The molecule has 0 saturated heterocycles. The van der Waals surface area contributed by atoms with Gasteiger partial charge in [-0.1, -0.05) is 17.2 Å². The van der Waals surface area contributed by atoms with Gasteiger partial charge in [0.25, 0.3) is 0 Å². The Morgan fingerprint density at radius 1 is 1.44 bits per heavy atom. The molecule has 0 unspecified atom stereocenters. The number of Topliss-reactive ketones (excluding diaryl/α,β-unsaturated/α-hetero) is 1. The smallest absolute Gasteiger partial charge is 0.136 e. The second-order valence-electron chi connectivity index (χ2n) is 2.34. The fourth-order valence-corrected chi connectivity index (χ4v) is 1.22. The Morgan fingerprint density at radius 3 is 2.67 bits per heavy atom. The summed E-state index contributed by atoms with van der Waals surface area (Å²) < 4.78 is 0. The first-order chi connectivity index (χ1) is 4.33. The van der Waals surface area contributed by atoms with Crippen LogP contribution in [0.15, 0.2) is 11.1 Å². The lowest BCUT2D eigenvalue weighted by molar-refractivity contribution is -0.119. The zero-order chi connectivity index (χ0) is 6.69. The standard InChI is InChI=1S/C7H9ClO/c8-5-6-2-1-3-7(9)4-6/h5H,1-4H2. The third kappa shape index (κ3) is 1.83. The van der Waals surface area contributed by atoms with Crippen LogP contribution in [0.2, 0.25) is 0 Å². The number of ketones is 1. The third-order valence-corrected chi connectivity index (χ3v) is 1.84. The highest BCUT2D eigenvalue weighted by Gasteiger charge is 2.11. The van der Waals surface area contributed by atoms with Crippen molar-refractivity contribution >= 4 is 17.4 Å². The normalized spacial score (nSPS) is 25.0. The number of allylic oxidation sites excluding steroid dienone is 1. The van der Waals surface area contributed by atoms with Crippen LogP contribution in [0.25, 0.3) is 0 Å². The van der Waals surface area contributed by atoms with Crippen molar-refractivity contribution in [2.24, 2.45) is 0 Å². The van der Waals surface area contributed by atoms with Gasteiger partial charge in [-0.25, -0.2) is 0 Å². The maximum absolute atomic E-state index is 10.7. The van der Waals surface area contributed by atoms with Gasteiger partial charge >= 0.3 is 0 Å². The maximum Gasteiger partial charge on any atom is 0.136 e. The minimum absolute atomic E-state index is 0.327. The lowest BCUT2D eigenvalue weighted by atomic mass is 9.95. The minimum atomic E-state index is 0.327. The Bertz CT molecular complexity index is 149. The molecule has 0 atom stereocenters. The Labute approximate surface area is 59.7 Å². The van der Waals surface area contributed by atoms with Gasteiger partial charge in [0.1, 0.15) is 5.78 Å². The zero-order valence-electron chi connectivity index (χ0n) is 5.19. The van der Waals surface area contributed by atoms with Crippen LogP contribution in [-0.4, -0.2) is 5.78 Å². The van der Waals surface area contributed by atoms with Crippen LogP contribution in [0.3, 0.4) is 0 Å². The van der Waals surface area contributed by atoms with Gasteiger partial charge in [-0.05, 0) is 12.8 Å². The monoisotopic (exact) mass is 144 g/mol. The summed E-state index contributed by atoms with van der Waals surface area (Å²) >= 11 is 5.43. The molecule has 1 rings (SSSR count). The first-order valence-corrected chi connectivity index (χ1v) is 3.56. The van der Waals surface area contributed by atoms with Crippen molar-refractivity contribution in [1.82, 2.24) is 0 Å². The van der Waals surface area contributed by atoms with Crippen molar-refractivity contribution < 1.29 is 4.79 Å². The van der Waals surface area contributed by atoms with E-state index in [2.05, 4.69) is 0 Å². The second-order valence-corrected chi connectivity index (χ2v) is 2.55. The number of rotatable bonds is 0. The third-order valence-electron chi connectivity index (χ3n) is 1.53. The number of halogens is 1. The van der Waals surface area contributed by atoms with Gasteiger partial charge < -0.3 is 0 Å². The lowest BCUT2D eigenvalue weighted by Gasteiger charge is -2.10. The van der Waals surface area contributed by atoms with Gasteiger partial charge in [0.15, 0.2) is 0 Å². The molecule has 9 heavy (non-hydrogen) atoms. The molecule has 0 spiro atoms. The van der Waals surface area contributed by atoms with Crippen molar-refractivity contribution in [2.75, 3.05) is 0 Å². The van der Waals surface area contributed by atoms with Crippen LogP contribution in [0.5, 0.6) is 0 Å². The van der Waals surface area contributed by atoms with E-state index in [1.807, 2.05) is 0 Å². The predicted octanol–water partition coefficient (Wildman–Crippen LogP) is 2.25. The summed E-state index contributed by atoms with van der Waals surface area (Å²) in [5, 5.41) is 0. The minimum Gasteiger partial charge on any atom is -0.299 e. The highest BCUT2D eigenvalue weighted by molar-refractivity contribution is 6.25. The molecule has 1 aliphatic carbocycles. The van der Waals surface area contributed by atoms with Crippen LogP contribution >= 0.6 is 11.6 Å². The number of hydrogen-bond acceptors (Lipinski definition) is 1. The fraction of sp³-hybridized carbons (Fsp3) is 0.571. The summed E-state index contributed by atoms with van der Waals surface area (Å²) in [6.45, 7) is 0. The van der Waals surface area contributed by atoms with E-state index in [0.717, 1.165) is 24.8 Å². The van der Waals surface area contributed by atoms with Gasteiger partial charge in [-0.15, -0.1) is 0 Å². The molecule has 0 heterocycles. The van der Waals surface area contributed by atoms with Crippen LogP contribution in [0, 0.1) is 0 Å². The number of carbonyl (C=O) groups is 1. The SMILES string of the molecule is O=C1CCCC(=CCl)C1. The zero-order valence-corrected chi connectivity index (χ0v) is 5.95. The van der Waals surface area contributed by atoms with Gasteiger partial charge in [-0.3, -0.25) is 4.79 Å². The summed E-state index contributed by atoms with van der Waals surface area (Å²) in [6.07, 6.45) is 3.32. The molecule has 0 aromatic rings. The van der Waals surface area contributed by atoms with Crippen LogP contribution in [-0.2, 0) is 4.79 Å². The van der Waals surface area contributed by atoms with Gasteiger partial charge in [0.05, 0.1) is 0 Å². The molecule has 1 saturated carbocycles. The summed E-state index contributed by atoms with van der Waals surface area (Å²) in [5.74, 6) is 0.327. The Morgan fingerprint density at radius 2 is 2.22 bits per heavy atom. The van der Waals surface area contributed by atoms with E-state index in [0.29, 0.717) is 12.2 Å². The van der Waals surface area contributed by atoms with Crippen molar-refractivity contribution in [3.63, 3.8) is 0 Å². The molecule has 0 radical (unpaired) electrons. The molecule has 0 amide bonds. The molecule has 0 aromatic carbocycles. The highest BCUT2D eigenvalue weighted by Crippen LogP contribution is 2.20. The Hall–Kier alpha value is -0.300. The largest absolute Gasteiger partial charge is 0.299 e. The van der Waals surface area contributed by atoms with E-state index in [1.54, 1.807) is 0 Å². The van der Waals surface area contributed by atoms with Gasteiger partial charge in [-0.2, -0.15) is 0 Å². The van der Waals surface area contributed by atoms with E-state index in [1.165, 1.54) is 5.54 Å². The quantitative estimate of drug-likeness (QED) is 0.510. The molecule has 1 fully saturated rings. The average Bonchev–Trinajstić information content (AvgIpc) is 1.88. The topological polar surface area (TPSA) is 17.1 Å². The van der Waals surface area contributed by atoms with E-state index in [9.17, 15) is 4.79 Å². The molecule has 0 aromatic heterocycles. The van der Waals surface area contributed by atoms with Crippen LogP contribution < -0.4 is 0 Å². The number of hydrogen-bond donors (Lipinski definition) is 0. The van der Waals surface area contributed by atoms with E-state index in [4.69, 9.17) is 11.6 Å². The highest BCUT2D eigenvalue weighted by atomic mass is 35.5. The van der Waals surface area contributed by atoms with Gasteiger partial charge in [0, 0.05) is 18.4 Å². The Kier molecular flexibility index (Phi) is 2.29.